The molecular weight excluding hydrogens is 332 g/mol. The first-order chi connectivity index (χ1) is 12.5. The fourth-order valence-electron chi connectivity index (χ4n) is 2.87. The maximum absolute atomic E-state index is 12.4. The Morgan fingerprint density at radius 1 is 1.15 bits per heavy atom. The summed E-state index contributed by atoms with van der Waals surface area (Å²) in [5.41, 5.74) is 2.19. The molecule has 1 saturated heterocycles. The Hall–Kier alpha value is -2.67. The number of benzene rings is 1. The Morgan fingerprint density at radius 3 is 2.54 bits per heavy atom. The summed E-state index contributed by atoms with van der Waals surface area (Å²) in [6, 6.07) is 7.66. The average Bonchev–Trinajstić information content (AvgIpc) is 2.62. The first-order valence-electron chi connectivity index (χ1n) is 8.72. The van der Waals surface area contributed by atoms with Crippen LogP contribution in [0.3, 0.4) is 0 Å². The third kappa shape index (κ3) is 4.70. The van der Waals surface area contributed by atoms with Crippen LogP contribution in [0, 0.1) is 13.8 Å². The maximum atomic E-state index is 12.4. The van der Waals surface area contributed by atoms with Crippen LogP contribution in [-0.4, -0.2) is 48.3 Å². The van der Waals surface area contributed by atoms with Crippen LogP contribution < -0.4 is 15.0 Å². The number of hydrogen-bond acceptors (Lipinski definition) is 6. The smallest absolute Gasteiger partial charge is 0.266 e. The molecule has 7 nitrogen and oxygen atoms in total. The molecule has 7 heteroatoms. The van der Waals surface area contributed by atoms with Gasteiger partial charge in [0.1, 0.15) is 23.7 Å². The zero-order valence-corrected chi connectivity index (χ0v) is 15.4. The number of ether oxygens (including phenoxy) is 2. The van der Waals surface area contributed by atoms with Gasteiger partial charge in [0.2, 0.25) is 0 Å². The Labute approximate surface area is 153 Å². The Bertz CT molecular complexity index is 755. The zero-order valence-electron chi connectivity index (χ0n) is 15.4. The number of nitrogens with zero attached hydrogens (tertiary/aromatic N) is 3. The van der Waals surface area contributed by atoms with Crippen molar-refractivity contribution in [1.82, 2.24) is 9.97 Å². The molecule has 1 amide bonds. The lowest BCUT2D eigenvalue weighted by molar-refractivity contribution is -0.122. The van der Waals surface area contributed by atoms with E-state index in [1.54, 1.807) is 13.0 Å². The molecule has 2 heterocycles. The van der Waals surface area contributed by atoms with Gasteiger partial charge in [0.25, 0.3) is 5.91 Å². The number of nitrogens with one attached hydrogen (secondary N) is 1. The van der Waals surface area contributed by atoms with E-state index >= 15 is 0 Å². The average molecular weight is 356 g/mol. The van der Waals surface area contributed by atoms with Gasteiger partial charge in [0, 0.05) is 19.2 Å². The molecule has 1 atom stereocenters. The van der Waals surface area contributed by atoms with Crippen molar-refractivity contribution in [3.05, 3.63) is 41.7 Å². The van der Waals surface area contributed by atoms with Crippen molar-refractivity contribution in [2.45, 2.75) is 26.9 Å². The number of carbonyl (C=O) groups excluding carboxylic acids is 1. The molecule has 1 aliphatic heterocycles. The third-order valence-electron chi connectivity index (χ3n) is 4.12. The summed E-state index contributed by atoms with van der Waals surface area (Å²) >= 11 is 0. The molecule has 0 bridgehead atoms. The molecule has 26 heavy (non-hydrogen) atoms. The Kier molecular flexibility index (Phi) is 5.68. The highest BCUT2D eigenvalue weighted by atomic mass is 16.5. The van der Waals surface area contributed by atoms with Crippen LogP contribution in [0.15, 0.2) is 30.6 Å². The molecule has 138 valence electrons. The van der Waals surface area contributed by atoms with Gasteiger partial charge in [-0.3, -0.25) is 4.79 Å². The summed E-state index contributed by atoms with van der Waals surface area (Å²) < 4.78 is 11.1. The van der Waals surface area contributed by atoms with Crippen LogP contribution in [0.25, 0.3) is 0 Å². The van der Waals surface area contributed by atoms with E-state index in [0.717, 1.165) is 30.0 Å². The molecule has 0 spiro atoms. The third-order valence-corrected chi connectivity index (χ3v) is 4.12. The summed E-state index contributed by atoms with van der Waals surface area (Å²) in [5, 5.41) is 2.80. The van der Waals surface area contributed by atoms with Crippen molar-refractivity contribution in [2.24, 2.45) is 0 Å². The number of anilines is 2. The summed E-state index contributed by atoms with van der Waals surface area (Å²) in [6.45, 7) is 8.61. The standard InChI is InChI=1S/C19H24N4O3/c1-13-8-14(2)10-16(9-13)26-15(3)19(24)22-17-11-18(21-12-20-17)23-4-6-25-7-5-23/h8-12,15H,4-7H2,1-3H3,(H,20,21,22,24). The maximum Gasteiger partial charge on any atom is 0.266 e. The monoisotopic (exact) mass is 356 g/mol. The van der Waals surface area contributed by atoms with E-state index in [-0.39, 0.29) is 5.91 Å². The van der Waals surface area contributed by atoms with E-state index in [0.29, 0.717) is 24.8 Å². The van der Waals surface area contributed by atoms with Crippen molar-refractivity contribution in [3.63, 3.8) is 0 Å². The van der Waals surface area contributed by atoms with E-state index in [2.05, 4.69) is 26.3 Å². The van der Waals surface area contributed by atoms with Crippen molar-refractivity contribution in [2.75, 3.05) is 36.5 Å². The van der Waals surface area contributed by atoms with E-state index in [1.807, 2.05) is 26.0 Å². The fourth-order valence-corrected chi connectivity index (χ4v) is 2.87. The number of hydrogen-bond donors (Lipinski definition) is 1. The highest BCUT2D eigenvalue weighted by molar-refractivity contribution is 5.93. The first kappa shape index (κ1) is 18.1. The lowest BCUT2D eigenvalue weighted by Gasteiger charge is -2.27. The van der Waals surface area contributed by atoms with E-state index in [9.17, 15) is 4.79 Å². The second kappa shape index (κ2) is 8.14. The fraction of sp³-hybridized carbons (Fsp3) is 0.421. The highest BCUT2D eigenvalue weighted by Gasteiger charge is 2.18. The molecule has 1 aliphatic rings. The molecule has 1 aromatic heterocycles. The van der Waals surface area contributed by atoms with Crippen LogP contribution in [0.1, 0.15) is 18.1 Å². The van der Waals surface area contributed by atoms with Crippen LogP contribution in [0.5, 0.6) is 5.75 Å². The molecule has 1 aromatic carbocycles. The van der Waals surface area contributed by atoms with Gasteiger partial charge in [-0.25, -0.2) is 9.97 Å². The summed E-state index contributed by atoms with van der Waals surface area (Å²) in [7, 11) is 0. The molecule has 0 radical (unpaired) electrons. The van der Waals surface area contributed by atoms with Crippen LogP contribution >= 0.6 is 0 Å². The largest absolute Gasteiger partial charge is 0.481 e. The minimum atomic E-state index is -0.641. The second-order valence-corrected chi connectivity index (χ2v) is 6.43. The lowest BCUT2D eigenvalue weighted by atomic mass is 10.1. The number of rotatable bonds is 5. The first-order valence-corrected chi connectivity index (χ1v) is 8.72. The van der Waals surface area contributed by atoms with Crippen molar-refractivity contribution in [1.29, 1.82) is 0 Å². The van der Waals surface area contributed by atoms with E-state index in [4.69, 9.17) is 9.47 Å². The van der Waals surface area contributed by atoms with Gasteiger partial charge in [-0.15, -0.1) is 0 Å². The van der Waals surface area contributed by atoms with Crippen LogP contribution in [-0.2, 0) is 9.53 Å². The highest BCUT2D eigenvalue weighted by Crippen LogP contribution is 2.19. The predicted molar refractivity (Wildman–Crippen MR) is 99.7 cm³/mol. The number of carbonyl (C=O) groups is 1. The lowest BCUT2D eigenvalue weighted by Crippen LogP contribution is -2.37. The zero-order chi connectivity index (χ0) is 18.5. The minimum Gasteiger partial charge on any atom is -0.481 e. The van der Waals surface area contributed by atoms with Gasteiger partial charge in [0.15, 0.2) is 6.10 Å². The topological polar surface area (TPSA) is 76.6 Å². The quantitative estimate of drug-likeness (QED) is 0.886. The van der Waals surface area contributed by atoms with Gasteiger partial charge in [0.05, 0.1) is 13.2 Å². The van der Waals surface area contributed by atoms with Gasteiger partial charge in [-0.1, -0.05) is 6.07 Å². The predicted octanol–water partition coefficient (Wildman–Crippen LogP) is 2.34. The number of amides is 1. The van der Waals surface area contributed by atoms with Gasteiger partial charge in [-0.05, 0) is 44.0 Å². The Morgan fingerprint density at radius 2 is 1.85 bits per heavy atom. The number of aromatic nitrogens is 2. The van der Waals surface area contributed by atoms with E-state index < -0.39 is 6.10 Å². The van der Waals surface area contributed by atoms with Crippen LogP contribution in [0.4, 0.5) is 11.6 Å². The molecule has 1 N–H and O–H groups in total. The second-order valence-electron chi connectivity index (χ2n) is 6.43. The number of morpholine rings is 1. The van der Waals surface area contributed by atoms with Gasteiger partial charge < -0.3 is 19.7 Å². The Balaban J connectivity index is 1.63. The molecule has 3 rings (SSSR count). The summed E-state index contributed by atoms with van der Waals surface area (Å²) in [6.07, 6.45) is 0.813. The normalized spacial score (nSPS) is 15.4. The summed E-state index contributed by atoms with van der Waals surface area (Å²) in [4.78, 5) is 23.0. The van der Waals surface area contributed by atoms with Crippen LogP contribution in [0.2, 0.25) is 0 Å². The van der Waals surface area contributed by atoms with Gasteiger partial charge >= 0.3 is 0 Å². The SMILES string of the molecule is Cc1cc(C)cc(OC(C)C(=O)Nc2cc(N3CCOCC3)ncn2)c1. The van der Waals surface area contributed by atoms with Crippen molar-refractivity contribution < 1.29 is 14.3 Å². The molecule has 2 aromatic rings. The molecular formula is C19H24N4O3. The molecule has 1 unspecified atom stereocenters. The van der Waals surface area contributed by atoms with E-state index in [1.165, 1.54) is 6.33 Å². The minimum absolute atomic E-state index is 0.254. The van der Waals surface area contributed by atoms with Gasteiger partial charge in [-0.2, -0.15) is 0 Å². The van der Waals surface area contributed by atoms with Crippen molar-refractivity contribution >= 4 is 17.5 Å². The molecule has 0 aliphatic carbocycles. The summed E-state index contributed by atoms with van der Waals surface area (Å²) in [5.74, 6) is 1.67. The van der Waals surface area contributed by atoms with Crippen molar-refractivity contribution in [3.8, 4) is 5.75 Å². The number of aryl methyl sites for hydroxylation is 2. The molecule has 1 fully saturated rings. The molecule has 0 saturated carbocycles.